The minimum Gasteiger partial charge on any atom is -0.345 e. The Morgan fingerprint density at radius 1 is 1.23 bits per heavy atom. The number of hydrogen-bond donors (Lipinski definition) is 2. The summed E-state index contributed by atoms with van der Waals surface area (Å²) < 4.78 is 1.90. The van der Waals surface area contributed by atoms with E-state index in [0.29, 0.717) is 5.82 Å². The number of carbonyl (C=O) groups excluding carboxylic acids is 1. The molecule has 1 amide bonds. The van der Waals surface area contributed by atoms with E-state index in [9.17, 15) is 9.59 Å². The average molecular weight is 346 g/mol. The highest BCUT2D eigenvalue weighted by Gasteiger charge is 2.14. The lowest BCUT2D eigenvalue weighted by molar-refractivity contribution is 0.0948. The summed E-state index contributed by atoms with van der Waals surface area (Å²) >= 11 is 0. The highest BCUT2D eigenvalue weighted by Crippen LogP contribution is 2.18. The molecule has 26 heavy (non-hydrogen) atoms. The highest BCUT2D eigenvalue weighted by molar-refractivity contribution is 5.97. The molecule has 0 saturated carbocycles. The number of pyridine rings is 2. The van der Waals surface area contributed by atoms with Crippen LogP contribution in [0.15, 0.2) is 53.6 Å². The van der Waals surface area contributed by atoms with Gasteiger partial charge in [0.25, 0.3) is 11.5 Å². The molecule has 0 atom stereocenters. The first-order valence-electron chi connectivity index (χ1n) is 8.36. The van der Waals surface area contributed by atoms with E-state index in [1.807, 2.05) is 54.8 Å². The smallest absolute Gasteiger partial charge is 0.261 e. The highest BCUT2D eigenvalue weighted by atomic mass is 16.2. The number of nitrogens with zero attached hydrogens (tertiary/aromatic N) is 2. The Balaban J connectivity index is 1.64. The number of carbonyl (C=O) groups is 1. The second-order valence-electron chi connectivity index (χ2n) is 6.41. The van der Waals surface area contributed by atoms with Crippen LogP contribution in [0.3, 0.4) is 0 Å². The van der Waals surface area contributed by atoms with E-state index in [1.165, 1.54) is 0 Å². The van der Waals surface area contributed by atoms with Gasteiger partial charge in [0, 0.05) is 6.20 Å². The van der Waals surface area contributed by atoms with Crippen molar-refractivity contribution in [2.45, 2.75) is 20.4 Å². The maximum absolute atomic E-state index is 12.5. The molecule has 4 rings (SSSR count). The topological polar surface area (TPSA) is 79.3 Å². The number of H-pyrrole nitrogens is 1. The van der Waals surface area contributed by atoms with Crippen LogP contribution in [-0.2, 0) is 6.54 Å². The summed E-state index contributed by atoms with van der Waals surface area (Å²) in [5.74, 6) is 0.290. The molecule has 0 spiro atoms. The van der Waals surface area contributed by atoms with Crippen molar-refractivity contribution in [2.24, 2.45) is 0 Å². The number of nitrogens with one attached hydrogen (secondary N) is 2. The zero-order chi connectivity index (χ0) is 18.3. The van der Waals surface area contributed by atoms with Crippen LogP contribution in [-0.4, -0.2) is 20.3 Å². The first-order chi connectivity index (χ1) is 12.5. The summed E-state index contributed by atoms with van der Waals surface area (Å²) in [6.45, 7) is 4.16. The van der Waals surface area contributed by atoms with E-state index in [2.05, 4.69) is 15.3 Å². The maximum atomic E-state index is 12.5. The van der Waals surface area contributed by atoms with Gasteiger partial charge in [-0.05, 0) is 49.1 Å². The molecule has 3 heterocycles. The number of aromatic amines is 1. The Hall–Kier alpha value is -3.41. The van der Waals surface area contributed by atoms with E-state index >= 15 is 0 Å². The van der Waals surface area contributed by atoms with Gasteiger partial charge in [0.1, 0.15) is 11.4 Å². The summed E-state index contributed by atoms with van der Waals surface area (Å²) in [6.07, 6.45) is 3.63. The summed E-state index contributed by atoms with van der Waals surface area (Å²) in [7, 11) is 0. The zero-order valence-corrected chi connectivity index (χ0v) is 14.5. The third-order valence-electron chi connectivity index (χ3n) is 4.46. The normalized spacial score (nSPS) is 11.2. The van der Waals surface area contributed by atoms with Gasteiger partial charge in [-0.3, -0.25) is 9.59 Å². The predicted octanol–water partition coefficient (Wildman–Crippen LogP) is 2.72. The van der Waals surface area contributed by atoms with Crippen LogP contribution in [0, 0.1) is 13.8 Å². The van der Waals surface area contributed by atoms with Crippen molar-refractivity contribution in [2.75, 3.05) is 0 Å². The number of benzene rings is 1. The van der Waals surface area contributed by atoms with E-state index in [-0.39, 0.29) is 12.1 Å². The summed E-state index contributed by atoms with van der Waals surface area (Å²) in [6, 6.07) is 11.4. The minimum atomic E-state index is -0.417. The van der Waals surface area contributed by atoms with Crippen LogP contribution < -0.4 is 10.9 Å². The van der Waals surface area contributed by atoms with Crippen LogP contribution in [0.5, 0.6) is 0 Å². The molecule has 0 radical (unpaired) electrons. The van der Waals surface area contributed by atoms with Crippen LogP contribution in [0.4, 0.5) is 0 Å². The zero-order valence-electron chi connectivity index (χ0n) is 14.5. The standard InChI is InChI=1S/C20H18N4O2/c1-12-7-13(2)18-14(8-12)9-16(20(26)23-18)19(25)22-11-17-21-10-15-5-3-4-6-24(15)17/h3-10H,11H2,1-2H3,(H,22,25)(H,23,26). The first-order valence-corrected chi connectivity index (χ1v) is 8.36. The van der Waals surface area contributed by atoms with E-state index in [1.54, 1.807) is 12.3 Å². The van der Waals surface area contributed by atoms with Crippen molar-refractivity contribution in [1.82, 2.24) is 19.7 Å². The second kappa shape index (κ2) is 6.15. The van der Waals surface area contributed by atoms with Crippen molar-refractivity contribution in [1.29, 1.82) is 0 Å². The lowest BCUT2D eigenvalue weighted by Crippen LogP contribution is -2.29. The molecule has 4 aromatic rings. The van der Waals surface area contributed by atoms with Crippen molar-refractivity contribution in [3.63, 3.8) is 0 Å². The van der Waals surface area contributed by atoms with Crippen LogP contribution in [0.1, 0.15) is 27.3 Å². The monoisotopic (exact) mass is 346 g/mol. The average Bonchev–Trinajstić information content (AvgIpc) is 3.03. The SMILES string of the molecule is Cc1cc(C)c2[nH]c(=O)c(C(=O)NCc3ncc4ccccn34)cc2c1. The molecule has 3 aromatic heterocycles. The third kappa shape index (κ3) is 2.75. The first kappa shape index (κ1) is 16.1. The van der Waals surface area contributed by atoms with Crippen molar-refractivity contribution in [3.05, 3.63) is 81.7 Å². The number of fused-ring (bicyclic) bond motifs is 2. The second-order valence-corrected chi connectivity index (χ2v) is 6.41. The molecular formula is C20H18N4O2. The molecule has 0 fully saturated rings. The number of aromatic nitrogens is 3. The number of amides is 1. The number of aryl methyl sites for hydroxylation is 2. The molecular weight excluding hydrogens is 328 g/mol. The van der Waals surface area contributed by atoms with Crippen LogP contribution in [0.25, 0.3) is 16.4 Å². The molecule has 6 heteroatoms. The molecule has 0 aliphatic heterocycles. The lowest BCUT2D eigenvalue weighted by Gasteiger charge is -2.08. The Kier molecular flexibility index (Phi) is 3.80. The summed E-state index contributed by atoms with van der Waals surface area (Å²) in [4.78, 5) is 32.0. The Bertz CT molecular complexity index is 1200. The lowest BCUT2D eigenvalue weighted by atomic mass is 10.1. The molecule has 6 nitrogen and oxygen atoms in total. The summed E-state index contributed by atoms with van der Waals surface area (Å²) in [5, 5.41) is 3.63. The maximum Gasteiger partial charge on any atom is 0.261 e. The van der Waals surface area contributed by atoms with Gasteiger partial charge in [-0.2, -0.15) is 0 Å². The molecule has 2 N–H and O–H groups in total. The Labute approximate surface area is 149 Å². The van der Waals surface area contributed by atoms with Crippen molar-refractivity contribution < 1.29 is 4.79 Å². The molecule has 1 aromatic carbocycles. The van der Waals surface area contributed by atoms with Gasteiger partial charge in [0.2, 0.25) is 0 Å². The fraction of sp³-hybridized carbons (Fsp3) is 0.150. The number of imidazole rings is 1. The van der Waals surface area contributed by atoms with Crippen molar-refractivity contribution in [3.8, 4) is 0 Å². The quantitative estimate of drug-likeness (QED) is 0.599. The number of hydrogen-bond acceptors (Lipinski definition) is 3. The van der Waals surface area contributed by atoms with Gasteiger partial charge in [-0.15, -0.1) is 0 Å². The largest absolute Gasteiger partial charge is 0.345 e. The van der Waals surface area contributed by atoms with Gasteiger partial charge >= 0.3 is 0 Å². The molecule has 0 aliphatic rings. The fourth-order valence-electron chi connectivity index (χ4n) is 3.24. The van der Waals surface area contributed by atoms with E-state index in [0.717, 1.165) is 27.5 Å². The molecule has 0 aliphatic carbocycles. The van der Waals surface area contributed by atoms with Gasteiger partial charge in [-0.25, -0.2) is 4.98 Å². The summed E-state index contributed by atoms with van der Waals surface area (Å²) in [5.41, 5.74) is 3.48. The Morgan fingerprint density at radius 2 is 2.08 bits per heavy atom. The number of rotatable bonds is 3. The van der Waals surface area contributed by atoms with Gasteiger partial charge in [0.05, 0.1) is 23.8 Å². The third-order valence-corrected chi connectivity index (χ3v) is 4.46. The fourth-order valence-corrected chi connectivity index (χ4v) is 3.24. The van der Waals surface area contributed by atoms with Crippen LogP contribution in [0.2, 0.25) is 0 Å². The predicted molar refractivity (Wildman–Crippen MR) is 100 cm³/mol. The van der Waals surface area contributed by atoms with E-state index in [4.69, 9.17) is 0 Å². The van der Waals surface area contributed by atoms with Gasteiger partial charge in [0.15, 0.2) is 0 Å². The van der Waals surface area contributed by atoms with Gasteiger partial charge in [-0.1, -0.05) is 17.7 Å². The molecule has 130 valence electrons. The van der Waals surface area contributed by atoms with Crippen LogP contribution >= 0.6 is 0 Å². The Morgan fingerprint density at radius 3 is 2.92 bits per heavy atom. The van der Waals surface area contributed by atoms with Gasteiger partial charge < -0.3 is 14.7 Å². The van der Waals surface area contributed by atoms with E-state index < -0.39 is 11.5 Å². The minimum absolute atomic E-state index is 0.100. The van der Waals surface area contributed by atoms with Crippen molar-refractivity contribution >= 4 is 22.3 Å². The molecule has 0 bridgehead atoms. The molecule has 0 unspecified atom stereocenters. The molecule has 0 saturated heterocycles.